The van der Waals surface area contributed by atoms with E-state index >= 15 is 0 Å². The number of hydrogen-bond donors (Lipinski definition) is 1. The number of nitrogens with zero attached hydrogens (tertiary/aromatic N) is 3. The molecule has 1 fully saturated rings. The minimum absolute atomic E-state index is 0.120. The monoisotopic (exact) mass is 386 g/mol. The SMILES string of the molecule is O=C(c1ccco1)c1cnn2c(-c3cccc(CNC(=O)C4CC4)c3)ccnc12. The van der Waals surface area contributed by atoms with Gasteiger partial charge in [-0.3, -0.25) is 9.59 Å². The van der Waals surface area contributed by atoms with Crippen molar-refractivity contribution in [3.8, 4) is 11.3 Å². The summed E-state index contributed by atoms with van der Waals surface area (Å²) >= 11 is 0. The summed E-state index contributed by atoms with van der Waals surface area (Å²) in [5, 5.41) is 7.37. The topological polar surface area (TPSA) is 89.5 Å². The molecule has 1 amide bonds. The lowest BCUT2D eigenvalue weighted by molar-refractivity contribution is -0.122. The summed E-state index contributed by atoms with van der Waals surface area (Å²) in [6.45, 7) is 0.485. The van der Waals surface area contributed by atoms with E-state index in [1.54, 1.807) is 22.8 Å². The molecule has 1 saturated carbocycles. The molecule has 0 atom stereocenters. The van der Waals surface area contributed by atoms with Crippen LogP contribution in [-0.4, -0.2) is 26.3 Å². The van der Waals surface area contributed by atoms with Crippen molar-refractivity contribution < 1.29 is 14.0 Å². The highest BCUT2D eigenvalue weighted by Crippen LogP contribution is 2.29. The Hall–Kier alpha value is -3.74. The third-order valence-corrected chi connectivity index (χ3v) is 5.03. The molecule has 0 radical (unpaired) electrons. The van der Waals surface area contributed by atoms with E-state index in [-0.39, 0.29) is 23.4 Å². The van der Waals surface area contributed by atoms with E-state index in [2.05, 4.69) is 15.4 Å². The first kappa shape index (κ1) is 17.4. The van der Waals surface area contributed by atoms with Crippen molar-refractivity contribution >= 4 is 17.3 Å². The van der Waals surface area contributed by atoms with Crippen molar-refractivity contribution in [2.45, 2.75) is 19.4 Å². The molecule has 0 spiro atoms. The van der Waals surface area contributed by atoms with Gasteiger partial charge >= 0.3 is 0 Å². The zero-order valence-electron chi connectivity index (χ0n) is 15.5. The molecule has 1 aromatic carbocycles. The molecular formula is C22H18N4O3. The molecule has 1 aliphatic rings. The number of aromatic nitrogens is 3. The van der Waals surface area contributed by atoms with E-state index in [1.807, 2.05) is 30.3 Å². The second kappa shape index (κ2) is 7.01. The summed E-state index contributed by atoms with van der Waals surface area (Å²) in [6.07, 6.45) is 6.60. The third kappa shape index (κ3) is 3.31. The van der Waals surface area contributed by atoms with E-state index in [0.717, 1.165) is 29.7 Å². The summed E-state index contributed by atoms with van der Waals surface area (Å²) in [6, 6.07) is 13.0. The van der Waals surface area contributed by atoms with E-state index in [1.165, 1.54) is 12.5 Å². The molecule has 1 aliphatic carbocycles. The quantitative estimate of drug-likeness (QED) is 0.514. The van der Waals surface area contributed by atoms with Crippen LogP contribution in [0.4, 0.5) is 0 Å². The first-order valence-electron chi connectivity index (χ1n) is 9.48. The Kier molecular flexibility index (Phi) is 4.20. The number of hydrogen-bond acceptors (Lipinski definition) is 5. The maximum Gasteiger partial charge on any atom is 0.233 e. The molecule has 0 bridgehead atoms. The van der Waals surface area contributed by atoms with Gasteiger partial charge in [0.2, 0.25) is 11.7 Å². The van der Waals surface area contributed by atoms with Gasteiger partial charge in [-0.25, -0.2) is 9.50 Å². The standard InChI is InChI=1S/C22H18N4O3/c27-20(19-5-2-10-29-19)17-13-25-26-18(8-9-23-21(17)26)16-4-1-3-14(11-16)12-24-22(28)15-6-7-15/h1-5,8-11,13,15H,6-7,12H2,(H,24,28). The van der Waals surface area contributed by atoms with Crippen molar-refractivity contribution in [3.63, 3.8) is 0 Å². The van der Waals surface area contributed by atoms with Gasteiger partial charge in [0, 0.05) is 24.2 Å². The van der Waals surface area contributed by atoms with Crippen molar-refractivity contribution in [2.75, 3.05) is 0 Å². The van der Waals surface area contributed by atoms with Crippen molar-refractivity contribution in [1.29, 1.82) is 0 Å². The Morgan fingerprint density at radius 3 is 2.86 bits per heavy atom. The predicted molar refractivity (Wildman–Crippen MR) is 105 cm³/mol. The number of carbonyl (C=O) groups excluding carboxylic acids is 2. The van der Waals surface area contributed by atoms with Crippen molar-refractivity contribution in [3.05, 3.63) is 78.0 Å². The van der Waals surface area contributed by atoms with Crippen LogP contribution in [0.1, 0.15) is 34.5 Å². The maximum absolute atomic E-state index is 12.7. The zero-order chi connectivity index (χ0) is 19.8. The number of furan rings is 1. The summed E-state index contributed by atoms with van der Waals surface area (Å²) in [7, 11) is 0. The normalized spacial score (nSPS) is 13.5. The summed E-state index contributed by atoms with van der Waals surface area (Å²) in [5.74, 6) is 0.300. The molecular weight excluding hydrogens is 368 g/mol. The first-order chi connectivity index (χ1) is 14.2. The molecule has 0 unspecified atom stereocenters. The minimum atomic E-state index is -0.258. The molecule has 7 nitrogen and oxygen atoms in total. The maximum atomic E-state index is 12.7. The van der Waals surface area contributed by atoms with E-state index in [0.29, 0.717) is 17.8 Å². The number of nitrogens with one attached hydrogen (secondary N) is 1. The average Bonchev–Trinajstić information content (AvgIpc) is 3.28. The van der Waals surface area contributed by atoms with Gasteiger partial charge in [-0.1, -0.05) is 18.2 Å². The summed E-state index contributed by atoms with van der Waals surface area (Å²) in [4.78, 5) is 28.9. The highest BCUT2D eigenvalue weighted by molar-refractivity contribution is 6.10. The van der Waals surface area contributed by atoms with E-state index in [4.69, 9.17) is 4.42 Å². The van der Waals surface area contributed by atoms with Gasteiger partial charge in [-0.15, -0.1) is 0 Å². The van der Waals surface area contributed by atoms with Gasteiger partial charge in [0.05, 0.1) is 23.7 Å². The largest absolute Gasteiger partial charge is 0.461 e. The molecule has 144 valence electrons. The van der Waals surface area contributed by atoms with Crippen LogP contribution in [0.25, 0.3) is 16.9 Å². The smallest absolute Gasteiger partial charge is 0.233 e. The highest BCUT2D eigenvalue weighted by Gasteiger charge is 2.29. The highest BCUT2D eigenvalue weighted by atomic mass is 16.3. The van der Waals surface area contributed by atoms with E-state index < -0.39 is 0 Å². The van der Waals surface area contributed by atoms with Gasteiger partial charge in [-0.2, -0.15) is 5.10 Å². The first-order valence-corrected chi connectivity index (χ1v) is 9.48. The molecule has 5 rings (SSSR count). The van der Waals surface area contributed by atoms with Crippen LogP contribution in [0, 0.1) is 5.92 Å². The van der Waals surface area contributed by atoms with Crippen LogP contribution in [-0.2, 0) is 11.3 Å². The van der Waals surface area contributed by atoms with Crippen LogP contribution in [0.2, 0.25) is 0 Å². The Morgan fingerprint density at radius 2 is 2.07 bits per heavy atom. The van der Waals surface area contributed by atoms with E-state index in [9.17, 15) is 9.59 Å². The van der Waals surface area contributed by atoms with Gasteiger partial charge in [-0.05, 0) is 42.7 Å². The minimum Gasteiger partial charge on any atom is -0.461 e. The fourth-order valence-electron chi connectivity index (χ4n) is 3.33. The number of rotatable bonds is 6. The summed E-state index contributed by atoms with van der Waals surface area (Å²) in [5.41, 5.74) is 3.59. The van der Waals surface area contributed by atoms with Crippen molar-refractivity contribution in [1.82, 2.24) is 19.9 Å². The molecule has 3 heterocycles. The van der Waals surface area contributed by atoms with Crippen LogP contribution in [0.5, 0.6) is 0 Å². The molecule has 4 aromatic rings. The average molecular weight is 386 g/mol. The van der Waals surface area contributed by atoms with Crippen LogP contribution in [0.15, 0.2) is 65.5 Å². The summed E-state index contributed by atoms with van der Waals surface area (Å²) < 4.78 is 6.87. The molecule has 0 aliphatic heterocycles. The lowest BCUT2D eigenvalue weighted by Crippen LogP contribution is -2.24. The lowest BCUT2D eigenvalue weighted by Gasteiger charge is -2.08. The molecule has 1 N–H and O–H groups in total. The molecule has 3 aromatic heterocycles. The Morgan fingerprint density at radius 1 is 1.17 bits per heavy atom. The lowest BCUT2D eigenvalue weighted by atomic mass is 10.1. The molecule has 7 heteroatoms. The van der Waals surface area contributed by atoms with Gasteiger partial charge in [0.25, 0.3) is 0 Å². The second-order valence-electron chi connectivity index (χ2n) is 7.12. The van der Waals surface area contributed by atoms with Crippen LogP contribution >= 0.6 is 0 Å². The number of ketones is 1. The number of carbonyl (C=O) groups is 2. The fraction of sp³-hybridized carbons (Fsp3) is 0.182. The Bertz CT molecular complexity index is 1210. The van der Waals surface area contributed by atoms with Gasteiger partial charge in [0.15, 0.2) is 11.4 Å². The molecule has 0 saturated heterocycles. The number of benzene rings is 1. The van der Waals surface area contributed by atoms with Gasteiger partial charge in [0.1, 0.15) is 0 Å². The number of fused-ring (bicyclic) bond motifs is 1. The molecule has 29 heavy (non-hydrogen) atoms. The third-order valence-electron chi connectivity index (χ3n) is 5.03. The second-order valence-corrected chi connectivity index (χ2v) is 7.12. The van der Waals surface area contributed by atoms with Crippen LogP contribution in [0.3, 0.4) is 0 Å². The number of amides is 1. The van der Waals surface area contributed by atoms with Crippen LogP contribution < -0.4 is 5.32 Å². The van der Waals surface area contributed by atoms with Crippen molar-refractivity contribution in [2.24, 2.45) is 5.92 Å². The Balaban J connectivity index is 1.47. The predicted octanol–water partition coefficient (Wildman–Crippen LogP) is 3.25. The fourth-order valence-corrected chi connectivity index (χ4v) is 3.33. The zero-order valence-corrected chi connectivity index (χ0v) is 15.5. The van der Waals surface area contributed by atoms with Gasteiger partial charge < -0.3 is 9.73 Å². The Labute approximate surface area is 166 Å².